The number of benzene rings is 2. The first kappa shape index (κ1) is 14.3. The Morgan fingerprint density at radius 2 is 1.86 bits per heavy atom. The number of nitrogens with zero attached hydrogens (tertiary/aromatic N) is 2. The second kappa shape index (κ2) is 5.99. The third kappa shape index (κ3) is 2.84. The molecule has 3 aromatic rings. The molecule has 1 heterocycles. The van der Waals surface area contributed by atoms with E-state index in [4.69, 9.17) is 11.6 Å². The first-order chi connectivity index (χ1) is 10.6. The molecule has 6 heteroatoms. The summed E-state index contributed by atoms with van der Waals surface area (Å²) in [7, 11) is 0. The number of para-hydroxylation sites is 1. The molecule has 0 saturated carbocycles. The van der Waals surface area contributed by atoms with Gasteiger partial charge in [0, 0.05) is 5.39 Å². The molecule has 0 fully saturated rings. The number of nitrogens with one attached hydrogen (secondary N) is 1. The predicted octanol–water partition coefficient (Wildman–Crippen LogP) is 2.69. The molecule has 0 spiro atoms. The summed E-state index contributed by atoms with van der Waals surface area (Å²) in [6.45, 7) is -0.172. The minimum absolute atomic E-state index is 0.172. The Morgan fingerprint density at radius 1 is 1.14 bits per heavy atom. The smallest absolute Gasteiger partial charge is 0.275 e. The van der Waals surface area contributed by atoms with E-state index in [0.717, 1.165) is 10.1 Å². The van der Waals surface area contributed by atoms with E-state index in [1.54, 1.807) is 48.7 Å². The van der Waals surface area contributed by atoms with Crippen LogP contribution in [0.4, 0.5) is 5.69 Å². The van der Waals surface area contributed by atoms with Crippen molar-refractivity contribution in [1.82, 2.24) is 9.78 Å². The lowest BCUT2D eigenvalue weighted by molar-refractivity contribution is -0.117. The summed E-state index contributed by atoms with van der Waals surface area (Å²) in [4.78, 5) is 24.3. The monoisotopic (exact) mass is 313 g/mol. The van der Waals surface area contributed by atoms with Gasteiger partial charge in [0.2, 0.25) is 5.91 Å². The SMILES string of the molecule is O=C(Cn1ncc2ccccc2c1=O)Nc1ccccc1Cl. The van der Waals surface area contributed by atoms with Crippen LogP contribution in [-0.4, -0.2) is 15.7 Å². The number of fused-ring (bicyclic) bond motifs is 1. The number of carbonyl (C=O) groups is 1. The van der Waals surface area contributed by atoms with Crippen LogP contribution in [0.5, 0.6) is 0 Å². The van der Waals surface area contributed by atoms with Crippen LogP contribution in [0.15, 0.2) is 59.5 Å². The zero-order valence-corrected chi connectivity index (χ0v) is 12.2. The molecule has 0 aliphatic rings. The van der Waals surface area contributed by atoms with Crippen molar-refractivity contribution in [3.63, 3.8) is 0 Å². The van der Waals surface area contributed by atoms with Crippen molar-refractivity contribution in [1.29, 1.82) is 0 Å². The van der Waals surface area contributed by atoms with Gasteiger partial charge in [-0.2, -0.15) is 5.10 Å². The minimum Gasteiger partial charge on any atom is -0.323 e. The lowest BCUT2D eigenvalue weighted by atomic mass is 10.2. The number of hydrogen-bond donors (Lipinski definition) is 1. The van der Waals surface area contributed by atoms with Gasteiger partial charge in [-0.25, -0.2) is 4.68 Å². The van der Waals surface area contributed by atoms with Crippen molar-refractivity contribution in [3.8, 4) is 0 Å². The van der Waals surface area contributed by atoms with Gasteiger partial charge in [0.05, 0.1) is 22.3 Å². The lowest BCUT2D eigenvalue weighted by Crippen LogP contribution is -2.29. The number of aromatic nitrogens is 2. The molecule has 0 unspecified atom stereocenters. The molecule has 0 bridgehead atoms. The van der Waals surface area contributed by atoms with E-state index < -0.39 is 0 Å². The molecule has 0 aliphatic carbocycles. The molecule has 0 aliphatic heterocycles. The van der Waals surface area contributed by atoms with Crippen molar-refractivity contribution in [2.24, 2.45) is 0 Å². The second-order valence-electron chi connectivity index (χ2n) is 4.72. The van der Waals surface area contributed by atoms with Crippen LogP contribution in [0.3, 0.4) is 0 Å². The first-order valence-electron chi connectivity index (χ1n) is 6.64. The number of halogens is 1. The van der Waals surface area contributed by atoms with Crippen LogP contribution in [-0.2, 0) is 11.3 Å². The number of anilines is 1. The minimum atomic E-state index is -0.363. The molecule has 1 aromatic heterocycles. The Kier molecular flexibility index (Phi) is 3.89. The van der Waals surface area contributed by atoms with Gasteiger partial charge in [0.1, 0.15) is 6.54 Å². The molecule has 110 valence electrons. The van der Waals surface area contributed by atoms with Crippen molar-refractivity contribution in [3.05, 3.63) is 70.1 Å². The molecular formula is C16H12ClN3O2. The van der Waals surface area contributed by atoms with Gasteiger partial charge in [-0.3, -0.25) is 9.59 Å². The Hall–Kier alpha value is -2.66. The molecule has 0 saturated heterocycles. The lowest BCUT2D eigenvalue weighted by Gasteiger charge is -2.08. The van der Waals surface area contributed by atoms with Gasteiger partial charge in [-0.1, -0.05) is 41.9 Å². The Morgan fingerprint density at radius 3 is 2.68 bits per heavy atom. The summed E-state index contributed by atoms with van der Waals surface area (Å²) in [6, 6.07) is 14.0. The maximum atomic E-state index is 12.3. The third-order valence-corrected chi connectivity index (χ3v) is 3.53. The van der Waals surface area contributed by atoms with Crippen molar-refractivity contribution in [2.75, 3.05) is 5.32 Å². The number of carbonyl (C=O) groups excluding carboxylic acids is 1. The standard InChI is InChI=1S/C16H12ClN3O2/c17-13-7-3-4-8-14(13)19-15(21)10-20-16(22)12-6-2-1-5-11(12)9-18-20/h1-9H,10H2,(H,19,21). The summed E-state index contributed by atoms with van der Waals surface area (Å²) < 4.78 is 1.13. The van der Waals surface area contributed by atoms with Crippen LogP contribution in [0.1, 0.15) is 0 Å². The van der Waals surface area contributed by atoms with Crippen molar-refractivity contribution < 1.29 is 4.79 Å². The fourth-order valence-electron chi connectivity index (χ4n) is 2.13. The van der Waals surface area contributed by atoms with Crippen LogP contribution in [0.25, 0.3) is 10.8 Å². The Bertz CT molecular complexity index is 905. The van der Waals surface area contributed by atoms with Crippen LogP contribution in [0.2, 0.25) is 5.02 Å². The highest BCUT2D eigenvalue weighted by Crippen LogP contribution is 2.20. The fraction of sp³-hybridized carbons (Fsp3) is 0.0625. The molecule has 2 aromatic carbocycles. The summed E-state index contributed by atoms with van der Waals surface area (Å²) >= 11 is 5.98. The number of hydrogen-bond acceptors (Lipinski definition) is 3. The summed E-state index contributed by atoms with van der Waals surface area (Å²) in [5.74, 6) is -0.363. The normalized spacial score (nSPS) is 10.6. The number of rotatable bonds is 3. The molecule has 0 radical (unpaired) electrons. The largest absolute Gasteiger partial charge is 0.323 e. The third-order valence-electron chi connectivity index (χ3n) is 3.20. The zero-order valence-electron chi connectivity index (χ0n) is 11.5. The second-order valence-corrected chi connectivity index (χ2v) is 5.13. The van der Waals surface area contributed by atoms with Crippen LogP contribution >= 0.6 is 11.6 Å². The van der Waals surface area contributed by atoms with Crippen molar-refractivity contribution >= 4 is 34.0 Å². The van der Waals surface area contributed by atoms with Gasteiger partial charge >= 0.3 is 0 Å². The Labute approximate surface area is 131 Å². The maximum absolute atomic E-state index is 12.3. The van der Waals surface area contributed by atoms with Crippen LogP contribution in [0, 0.1) is 0 Å². The zero-order chi connectivity index (χ0) is 15.5. The summed E-state index contributed by atoms with van der Waals surface area (Å²) in [6.07, 6.45) is 1.57. The Balaban J connectivity index is 1.84. The van der Waals surface area contributed by atoms with E-state index in [1.165, 1.54) is 0 Å². The first-order valence-corrected chi connectivity index (χ1v) is 7.02. The molecule has 5 nitrogen and oxygen atoms in total. The van der Waals surface area contributed by atoms with E-state index in [2.05, 4.69) is 10.4 Å². The summed E-state index contributed by atoms with van der Waals surface area (Å²) in [5.41, 5.74) is 0.204. The average molecular weight is 314 g/mol. The van der Waals surface area contributed by atoms with Crippen LogP contribution < -0.4 is 10.9 Å². The highest BCUT2D eigenvalue weighted by Gasteiger charge is 2.09. The average Bonchev–Trinajstić information content (AvgIpc) is 2.53. The molecule has 22 heavy (non-hydrogen) atoms. The maximum Gasteiger partial charge on any atom is 0.275 e. The fourth-order valence-corrected chi connectivity index (χ4v) is 2.31. The topological polar surface area (TPSA) is 64.0 Å². The molecular weight excluding hydrogens is 302 g/mol. The van der Waals surface area contributed by atoms with E-state index in [1.807, 2.05) is 6.07 Å². The summed E-state index contributed by atoms with van der Waals surface area (Å²) in [5, 5.41) is 8.40. The molecule has 0 atom stereocenters. The van der Waals surface area contributed by atoms with E-state index in [9.17, 15) is 9.59 Å². The van der Waals surface area contributed by atoms with Crippen molar-refractivity contribution in [2.45, 2.75) is 6.54 Å². The van der Waals surface area contributed by atoms with Gasteiger partial charge < -0.3 is 5.32 Å². The van der Waals surface area contributed by atoms with Gasteiger partial charge in [0.15, 0.2) is 0 Å². The molecule has 1 amide bonds. The van der Waals surface area contributed by atoms with E-state index in [0.29, 0.717) is 16.1 Å². The number of amides is 1. The molecule has 1 N–H and O–H groups in total. The predicted molar refractivity (Wildman–Crippen MR) is 86.1 cm³/mol. The highest BCUT2D eigenvalue weighted by atomic mass is 35.5. The van der Waals surface area contributed by atoms with E-state index in [-0.39, 0.29) is 18.0 Å². The highest BCUT2D eigenvalue weighted by molar-refractivity contribution is 6.33. The van der Waals surface area contributed by atoms with E-state index >= 15 is 0 Å². The van der Waals surface area contributed by atoms with Gasteiger partial charge in [-0.05, 0) is 18.2 Å². The molecule has 3 rings (SSSR count). The van der Waals surface area contributed by atoms with Gasteiger partial charge in [-0.15, -0.1) is 0 Å². The quantitative estimate of drug-likeness (QED) is 0.808. The van der Waals surface area contributed by atoms with Gasteiger partial charge in [0.25, 0.3) is 5.56 Å².